The third-order valence-electron chi connectivity index (χ3n) is 2.33. The Kier molecular flexibility index (Phi) is 3.70. The number of methoxy groups -OCH3 is 1. The lowest BCUT2D eigenvalue weighted by Crippen LogP contribution is -2.46. The van der Waals surface area contributed by atoms with E-state index < -0.39 is 9.84 Å². The van der Waals surface area contributed by atoms with Gasteiger partial charge in [0.25, 0.3) is 0 Å². The number of hydrogen-bond donors (Lipinski definition) is 1. The third kappa shape index (κ3) is 4.06. The topological polar surface area (TPSA) is 55.4 Å². The van der Waals surface area contributed by atoms with E-state index in [4.69, 9.17) is 4.74 Å². The molecule has 0 spiro atoms. The van der Waals surface area contributed by atoms with E-state index in [0.29, 0.717) is 18.7 Å². The molecule has 0 atom stereocenters. The van der Waals surface area contributed by atoms with E-state index in [-0.39, 0.29) is 5.75 Å². The number of hydrogen-bond acceptors (Lipinski definition) is 4. The van der Waals surface area contributed by atoms with Crippen molar-refractivity contribution in [3.05, 3.63) is 0 Å². The molecule has 0 heterocycles. The Bertz CT molecular complexity index is 244. The number of ether oxygens (including phenoxy) is 1. The summed E-state index contributed by atoms with van der Waals surface area (Å²) in [5.74, 6) is 0.223. The summed E-state index contributed by atoms with van der Waals surface area (Å²) in [6.07, 6.45) is 3.63. The molecule has 5 heteroatoms. The van der Waals surface area contributed by atoms with Crippen LogP contribution < -0.4 is 5.32 Å². The number of rotatable bonds is 5. The summed E-state index contributed by atoms with van der Waals surface area (Å²) >= 11 is 0. The van der Waals surface area contributed by atoms with E-state index >= 15 is 0 Å². The van der Waals surface area contributed by atoms with Crippen molar-refractivity contribution in [2.75, 3.05) is 25.7 Å². The molecular weight excluding hydrogens is 190 g/mol. The molecule has 4 nitrogen and oxygen atoms in total. The van der Waals surface area contributed by atoms with Crippen LogP contribution in [0, 0.1) is 0 Å². The van der Waals surface area contributed by atoms with Crippen LogP contribution >= 0.6 is 0 Å². The average molecular weight is 207 g/mol. The molecule has 0 saturated heterocycles. The highest BCUT2D eigenvalue weighted by molar-refractivity contribution is 7.90. The van der Waals surface area contributed by atoms with Crippen molar-refractivity contribution in [2.45, 2.75) is 25.0 Å². The second kappa shape index (κ2) is 4.39. The molecule has 1 aliphatic rings. The van der Waals surface area contributed by atoms with Crippen LogP contribution in [-0.4, -0.2) is 46.2 Å². The van der Waals surface area contributed by atoms with Gasteiger partial charge in [-0.1, -0.05) is 0 Å². The molecular formula is C8H17NO3S. The molecule has 0 aliphatic heterocycles. The Morgan fingerprint density at radius 1 is 1.46 bits per heavy atom. The predicted molar refractivity (Wildman–Crippen MR) is 51.5 cm³/mol. The van der Waals surface area contributed by atoms with Crippen LogP contribution in [0.1, 0.15) is 12.8 Å². The van der Waals surface area contributed by atoms with Gasteiger partial charge in [-0.05, 0) is 12.8 Å². The lowest BCUT2D eigenvalue weighted by molar-refractivity contribution is 0.0181. The normalized spacial score (nSPS) is 28.5. The molecule has 78 valence electrons. The van der Waals surface area contributed by atoms with Gasteiger partial charge in [-0.2, -0.15) is 0 Å². The van der Waals surface area contributed by atoms with E-state index in [2.05, 4.69) is 5.32 Å². The minimum atomic E-state index is -2.82. The molecule has 1 fully saturated rings. The zero-order valence-corrected chi connectivity index (χ0v) is 8.93. The van der Waals surface area contributed by atoms with Gasteiger partial charge in [0, 0.05) is 26.0 Å². The summed E-state index contributed by atoms with van der Waals surface area (Å²) in [5, 5.41) is 3.18. The second-order valence-electron chi connectivity index (χ2n) is 3.61. The highest BCUT2D eigenvalue weighted by atomic mass is 32.2. The SMILES string of the molecule is COC1CC(NCCS(C)(=O)=O)C1. The minimum absolute atomic E-state index is 0.223. The van der Waals surface area contributed by atoms with Gasteiger partial charge in [-0.25, -0.2) is 8.42 Å². The molecule has 13 heavy (non-hydrogen) atoms. The summed E-state index contributed by atoms with van der Waals surface area (Å²) in [6.45, 7) is 0.555. The maximum Gasteiger partial charge on any atom is 0.148 e. The maximum absolute atomic E-state index is 10.8. The average Bonchev–Trinajstić information content (AvgIpc) is 1.91. The van der Waals surface area contributed by atoms with Gasteiger partial charge < -0.3 is 10.1 Å². The van der Waals surface area contributed by atoms with Gasteiger partial charge in [0.15, 0.2) is 0 Å². The van der Waals surface area contributed by atoms with Crippen molar-refractivity contribution in [3.63, 3.8) is 0 Å². The monoisotopic (exact) mass is 207 g/mol. The maximum atomic E-state index is 10.8. The van der Waals surface area contributed by atoms with E-state index in [9.17, 15) is 8.42 Å². The van der Waals surface area contributed by atoms with Crippen LogP contribution in [0.15, 0.2) is 0 Å². The highest BCUT2D eigenvalue weighted by Gasteiger charge is 2.28. The van der Waals surface area contributed by atoms with E-state index in [1.54, 1.807) is 7.11 Å². The van der Waals surface area contributed by atoms with Crippen LogP contribution in [0.5, 0.6) is 0 Å². The van der Waals surface area contributed by atoms with Gasteiger partial charge in [0.2, 0.25) is 0 Å². The van der Waals surface area contributed by atoms with Crippen LogP contribution in [0.2, 0.25) is 0 Å². The fourth-order valence-electron chi connectivity index (χ4n) is 1.37. The predicted octanol–water partition coefficient (Wildman–Crippen LogP) is -0.202. The fourth-order valence-corrected chi connectivity index (χ4v) is 1.86. The van der Waals surface area contributed by atoms with Crippen LogP contribution in [-0.2, 0) is 14.6 Å². The van der Waals surface area contributed by atoms with Gasteiger partial charge in [0.05, 0.1) is 11.9 Å². The standard InChI is InChI=1S/C8H17NO3S/c1-12-8-5-7(6-8)9-3-4-13(2,10)11/h7-9H,3-6H2,1-2H3. The van der Waals surface area contributed by atoms with Crippen LogP contribution in [0.3, 0.4) is 0 Å². The van der Waals surface area contributed by atoms with Gasteiger partial charge in [-0.15, -0.1) is 0 Å². The van der Waals surface area contributed by atoms with Crippen LogP contribution in [0.25, 0.3) is 0 Å². The summed E-state index contributed by atoms with van der Waals surface area (Å²) in [7, 11) is -1.11. The van der Waals surface area contributed by atoms with E-state index in [0.717, 1.165) is 12.8 Å². The molecule has 1 N–H and O–H groups in total. The first-order chi connectivity index (χ1) is 6.01. The Labute approximate surface area is 79.6 Å². The van der Waals surface area contributed by atoms with E-state index in [1.807, 2.05) is 0 Å². The zero-order chi connectivity index (χ0) is 9.90. The molecule has 1 saturated carbocycles. The minimum Gasteiger partial charge on any atom is -0.381 e. The molecule has 0 aromatic rings. The Morgan fingerprint density at radius 2 is 2.08 bits per heavy atom. The zero-order valence-electron chi connectivity index (χ0n) is 8.12. The number of sulfone groups is 1. The van der Waals surface area contributed by atoms with Crippen molar-refractivity contribution >= 4 is 9.84 Å². The molecule has 1 aliphatic carbocycles. The molecule has 0 aromatic heterocycles. The van der Waals surface area contributed by atoms with Crippen LogP contribution in [0.4, 0.5) is 0 Å². The molecule has 0 bridgehead atoms. The van der Waals surface area contributed by atoms with Crippen molar-refractivity contribution in [2.24, 2.45) is 0 Å². The second-order valence-corrected chi connectivity index (χ2v) is 5.87. The summed E-state index contributed by atoms with van der Waals surface area (Å²) in [4.78, 5) is 0. The lowest BCUT2D eigenvalue weighted by atomic mass is 9.89. The first kappa shape index (κ1) is 10.9. The van der Waals surface area contributed by atoms with Crippen molar-refractivity contribution in [1.29, 1.82) is 0 Å². The molecule has 0 amide bonds. The first-order valence-corrected chi connectivity index (χ1v) is 6.51. The largest absolute Gasteiger partial charge is 0.381 e. The molecule has 0 aromatic carbocycles. The van der Waals surface area contributed by atoms with Gasteiger partial charge >= 0.3 is 0 Å². The molecule has 1 rings (SSSR count). The Balaban J connectivity index is 2.03. The van der Waals surface area contributed by atoms with Crippen molar-refractivity contribution in [1.82, 2.24) is 5.32 Å². The van der Waals surface area contributed by atoms with Crippen molar-refractivity contribution in [3.8, 4) is 0 Å². The fraction of sp³-hybridized carbons (Fsp3) is 1.00. The van der Waals surface area contributed by atoms with Crippen molar-refractivity contribution < 1.29 is 13.2 Å². The molecule has 0 radical (unpaired) electrons. The van der Waals surface area contributed by atoms with E-state index in [1.165, 1.54) is 6.26 Å². The Morgan fingerprint density at radius 3 is 2.54 bits per heavy atom. The lowest BCUT2D eigenvalue weighted by Gasteiger charge is -2.34. The third-order valence-corrected chi connectivity index (χ3v) is 3.28. The molecule has 0 unspecified atom stereocenters. The Hall–Kier alpha value is -0.130. The summed E-state index contributed by atoms with van der Waals surface area (Å²) in [5.41, 5.74) is 0. The van der Waals surface area contributed by atoms with Gasteiger partial charge in [-0.3, -0.25) is 0 Å². The summed E-state index contributed by atoms with van der Waals surface area (Å²) in [6, 6.07) is 0.451. The summed E-state index contributed by atoms with van der Waals surface area (Å²) < 4.78 is 26.7. The highest BCUT2D eigenvalue weighted by Crippen LogP contribution is 2.21. The quantitative estimate of drug-likeness (QED) is 0.678. The number of nitrogens with one attached hydrogen (secondary N) is 1. The first-order valence-electron chi connectivity index (χ1n) is 4.45. The smallest absolute Gasteiger partial charge is 0.148 e. The van der Waals surface area contributed by atoms with Gasteiger partial charge in [0.1, 0.15) is 9.84 Å².